The minimum absolute atomic E-state index is 0.0708. The van der Waals surface area contributed by atoms with Crippen LogP contribution in [0.4, 0.5) is 0 Å². The Bertz CT molecular complexity index is 715. The third kappa shape index (κ3) is 3.77. The van der Waals surface area contributed by atoms with E-state index in [1.807, 2.05) is 0 Å². The number of hydrogen-bond acceptors (Lipinski definition) is 4. The fourth-order valence-corrected chi connectivity index (χ4v) is 4.18. The molecule has 2 rings (SSSR count). The molecule has 0 atom stereocenters. The molecule has 0 aliphatic rings. The summed E-state index contributed by atoms with van der Waals surface area (Å²) in [7, 11) is 0. The van der Waals surface area contributed by atoms with Crippen LogP contribution in [0.1, 0.15) is 77.0 Å². The molecule has 132 valence electrons. The van der Waals surface area contributed by atoms with E-state index in [2.05, 4.69) is 77.8 Å². The first-order valence-corrected chi connectivity index (χ1v) is 9.17. The molecular formula is C20H28O3S. The second-order valence-corrected chi connectivity index (χ2v) is 8.61. The van der Waals surface area contributed by atoms with Crippen LogP contribution in [0.25, 0.3) is 10.8 Å². The zero-order valence-corrected chi connectivity index (χ0v) is 16.5. The average molecular weight is 349 g/mol. The molecule has 0 aliphatic carbocycles. The quantitative estimate of drug-likeness (QED) is 0.366. The minimum Gasteiger partial charge on any atom is -0.220 e. The summed E-state index contributed by atoms with van der Waals surface area (Å²) in [6.45, 7) is 15.5. The van der Waals surface area contributed by atoms with Gasteiger partial charge in [0.2, 0.25) is 0 Å². The van der Waals surface area contributed by atoms with Crippen molar-refractivity contribution in [3.8, 4) is 0 Å². The van der Waals surface area contributed by atoms with Gasteiger partial charge in [-0.15, -0.1) is 4.33 Å². The van der Waals surface area contributed by atoms with Gasteiger partial charge in [-0.3, -0.25) is 0 Å². The third-order valence-electron chi connectivity index (χ3n) is 4.36. The highest BCUT2D eigenvalue weighted by Crippen LogP contribution is 2.43. The van der Waals surface area contributed by atoms with Crippen molar-refractivity contribution >= 4 is 22.8 Å². The summed E-state index contributed by atoms with van der Waals surface area (Å²) in [5.41, 5.74) is 3.87. The summed E-state index contributed by atoms with van der Waals surface area (Å²) in [5.74, 6) is 0.663. The predicted octanol–water partition coefficient (Wildman–Crippen LogP) is 6.81. The molecule has 0 saturated heterocycles. The van der Waals surface area contributed by atoms with E-state index in [1.165, 1.54) is 27.5 Å². The van der Waals surface area contributed by atoms with Crippen molar-refractivity contribution in [2.75, 3.05) is 0 Å². The minimum atomic E-state index is 0.0708. The van der Waals surface area contributed by atoms with Gasteiger partial charge in [0.05, 0.1) is 12.0 Å². The topological polar surface area (TPSA) is 38.7 Å². The molecule has 0 radical (unpaired) electrons. The molecule has 0 unspecified atom stereocenters. The van der Waals surface area contributed by atoms with Crippen molar-refractivity contribution < 1.29 is 14.6 Å². The number of benzene rings is 2. The van der Waals surface area contributed by atoms with Gasteiger partial charge in [0.25, 0.3) is 0 Å². The fourth-order valence-electron chi connectivity index (χ4n) is 3.25. The van der Waals surface area contributed by atoms with Crippen molar-refractivity contribution in [2.24, 2.45) is 0 Å². The van der Waals surface area contributed by atoms with Crippen molar-refractivity contribution in [2.45, 2.75) is 70.6 Å². The molecule has 2 aromatic rings. The lowest BCUT2D eigenvalue weighted by Crippen LogP contribution is -2.12. The van der Waals surface area contributed by atoms with E-state index in [1.54, 1.807) is 0 Å². The van der Waals surface area contributed by atoms with Crippen LogP contribution in [0.2, 0.25) is 0 Å². The highest BCUT2D eigenvalue weighted by Gasteiger charge is 2.23. The first kappa shape index (κ1) is 19.3. The first-order valence-electron chi connectivity index (χ1n) is 8.43. The summed E-state index contributed by atoms with van der Waals surface area (Å²) in [6, 6.07) is 8.79. The van der Waals surface area contributed by atoms with E-state index in [4.69, 9.17) is 9.59 Å². The van der Waals surface area contributed by atoms with Gasteiger partial charge in [0, 0.05) is 4.90 Å². The lowest BCUT2D eigenvalue weighted by atomic mass is 9.80. The van der Waals surface area contributed by atoms with Crippen molar-refractivity contribution in [1.29, 1.82) is 0 Å². The SMILES string of the molecule is CC(C)c1cc2c(C(C)(C)C)cccc2c(C(C)C)c1SOOO. The second kappa shape index (κ2) is 7.44. The van der Waals surface area contributed by atoms with Crippen molar-refractivity contribution in [3.63, 3.8) is 0 Å². The van der Waals surface area contributed by atoms with Crippen molar-refractivity contribution in [1.82, 2.24) is 0 Å². The monoisotopic (exact) mass is 348 g/mol. The molecule has 0 aliphatic heterocycles. The van der Waals surface area contributed by atoms with Crippen LogP contribution in [0, 0.1) is 0 Å². The van der Waals surface area contributed by atoms with E-state index in [9.17, 15) is 0 Å². The zero-order chi connectivity index (χ0) is 18.1. The maximum absolute atomic E-state index is 8.61. The Kier molecular flexibility index (Phi) is 5.97. The Labute approximate surface area is 149 Å². The fraction of sp³-hybridized carbons (Fsp3) is 0.500. The van der Waals surface area contributed by atoms with Gasteiger partial charge in [0.15, 0.2) is 0 Å². The van der Waals surface area contributed by atoms with Gasteiger partial charge in [-0.05, 0) is 50.8 Å². The van der Waals surface area contributed by atoms with Gasteiger partial charge < -0.3 is 0 Å². The maximum Gasteiger partial charge on any atom is 0.0720 e. The Balaban J connectivity index is 2.90. The molecule has 2 aromatic carbocycles. The standard InChI is InChI=1S/C20H28O3S/c1-12(2)15-11-16-14(9-8-10-17(16)20(5,6)7)18(13(3)4)19(15)24-23-22-21/h8-13,21H,1-7H3. The zero-order valence-electron chi connectivity index (χ0n) is 15.6. The third-order valence-corrected chi connectivity index (χ3v) is 5.11. The van der Waals surface area contributed by atoms with Crippen LogP contribution in [0.15, 0.2) is 29.2 Å². The molecule has 0 fully saturated rings. The van der Waals surface area contributed by atoms with Gasteiger partial charge in [-0.25, -0.2) is 5.26 Å². The van der Waals surface area contributed by atoms with E-state index in [0.29, 0.717) is 11.8 Å². The van der Waals surface area contributed by atoms with E-state index >= 15 is 0 Å². The van der Waals surface area contributed by atoms with Crippen LogP contribution in [0.5, 0.6) is 0 Å². The normalized spacial score (nSPS) is 12.6. The smallest absolute Gasteiger partial charge is 0.0720 e. The highest BCUT2D eigenvalue weighted by molar-refractivity contribution is 7.94. The molecule has 0 amide bonds. The largest absolute Gasteiger partial charge is 0.220 e. The Hall–Kier alpha value is -1.07. The molecule has 1 N–H and O–H groups in total. The Morgan fingerprint density at radius 3 is 2.17 bits per heavy atom. The van der Waals surface area contributed by atoms with E-state index in [0.717, 1.165) is 16.9 Å². The van der Waals surface area contributed by atoms with Gasteiger partial charge in [-0.1, -0.05) is 71.7 Å². The number of rotatable bonds is 5. The Morgan fingerprint density at radius 2 is 1.67 bits per heavy atom. The summed E-state index contributed by atoms with van der Waals surface area (Å²) in [6.07, 6.45) is 0. The predicted molar refractivity (Wildman–Crippen MR) is 101 cm³/mol. The Morgan fingerprint density at radius 1 is 1.00 bits per heavy atom. The van der Waals surface area contributed by atoms with Crippen molar-refractivity contribution in [3.05, 3.63) is 41.0 Å². The number of hydrogen-bond donors (Lipinski definition) is 1. The lowest BCUT2D eigenvalue weighted by molar-refractivity contribution is -0.432. The van der Waals surface area contributed by atoms with Gasteiger partial charge in [0.1, 0.15) is 0 Å². The highest BCUT2D eigenvalue weighted by atomic mass is 32.2. The summed E-state index contributed by atoms with van der Waals surface area (Å²) in [5, 5.41) is 15.0. The second-order valence-electron chi connectivity index (χ2n) is 7.89. The summed E-state index contributed by atoms with van der Waals surface area (Å²) >= 11 is 1.09. The molecule has 0 spiro atoms. The molecule has 0 bridgehead atoms. The molecule has 0 heterocycles. The van der Waals surface area contributed by atoms with Crippen LogP contribution >= 0.6 is 12.0 Å². The van der Waals surface area contributed by atoms with E-state index in [-0.39, 0.29) is 5.41 Å². The van der Waals surface area contributed by atoms with E-state index < -0.39 is 0 Å². The number of fused-ring (bicyclic) bond motifs is 1. The molecule has 0 saturated carbocycles. The van der Waals surface area contributed by atoms with Gasteiger partial charge in [-0.2, -0.15) is 0 Å². The lowest BCUT2D eigenvalue weighted by Gasteiger charge is -2.26. The summed E-state index contributed by atoms with van der Waals surface area (Å²) in [4.78, 5) is 1.03. The van der Waals surface area contributed by atoms with Crippen LogP contribution in [-0.4, -0.2) is 5.26 Å². The first-order chi connectivity index (χ1) is 11.2. The molecule has 24 heavy (non-hydrogen) atoms. The average Bonchev–Trinajstić information content (AvgIpc) is 2.49. The molecule has 3 nitrogen and oxygen atoms in total. The molecular weight excluding hydrogens is 320 g/mol. The van der Waals surface area contributed by atoms with Crippen LogP contribution in [-0.2, 0) is 14.8 Å². The molecule has 0 aromatic heterocycles. The van der Waals surface area contributed by atoms with Crippen LogP contribution in [0.3, 0.4) is 0 Å². The van der Waals surface area contributed by atoms with Crippen LogP contribution < -0.4 is 0 Å². The maximum atomic E-state index is 8.61. The molecule has 4 heteroatoms. The summed E-state index contributed by atoms with van der Waals surface area (Å²) < 4.78 is 4.82. The van der Waals surface area contributed by atoms with Gasteiger partial charge >= 0.3 is 0 Å².